The Balaban J connectivity index is 4.83. The van der Waals surface area contributed by atoms with Crippen molar-refractivity contribution < 1.29 is 9.59 Å². The van der Waals surface area contributed by atoms with Crippen LogP contribution in [0.25, 0.3) is 0 Å². The maximum atomic E-state index is 12.3. The fourth-order valence-corrected chi connectivity index (χ4v) is 2.66. The molecule has 0 rings (SSSR count). The van der Waals surface area contributed by atoms with E-state index in [0.717, 1.165) is 0 Å². The van der Waals surface area contributed by atoms with Gasteiger partial charge in [-0.25, -0.2) is 0 Å². The van der Waals surface area contributed by atoms with Crippen molar-refractivity contribution in [2.75, 3.05) is 0 Å². The van der Waals surface area contributed by atoms with Gasteiger partial charge in [-0.3, -0.25) is 9.59 Å². The summed E-state index contributed by atoms with van der Waals surface area (Å²) in [5, 5.41) is 0. The molecule has 0 N–H and O–H groups in total. The molecule has 0 bridgehead atoms. The van der Waals surface area contributed by atoms with Crippen LogP contribution >= 0.6 is 0 Å². The molecule has 0 spiro atoms. The Bertz CT molecular complexity index is 263. The van der Waals surface area contributed by atoms with Crippen LogP contribution in [0, 0.1) is 0 Å². The zero-order chi connectivity index (χ0) is 15.3. The number of rotatable bonds is 6. The summed E-state index contributed by atoms with van der Waals surface area (Å²) in [5.74, 6) is -0.164. The van der Waals surface area contributed by atoms with Crippen LogP contribution in [-0.4, -0.2) is 45.8 Å². The smallest absolute Gasteiger partial charge is 0.232 e. The highest BCUT2D eigenvalue weighted by Crippen LogP contribution is 2.12. The molecule has 19 heavy (non-hydrogen) atoms. The first kappa shape index (κ1) is 17.9. The molecule has 4 nitrogen and oxygen atoms in total. The summed E-state index contributed by atoms with van der Waals surface area (Å²) >= 11 is 0. The lowest BCUT2D eigenvalue weighted by molar-refractivity contribution is -0.144. The summed E-state index contributed by atoms with van der Waals surface area (Å²) in [7, 11) is 0. The van der Waals surface area contributed by atoms with Gasteiger partial charge in [0.1, 0.15) is 6.42 Å². The predicted molar refractivity (Wildman–Crippen MR) is 78.9 cm³/mol. The fourth-order valence-electron chi connectivity index (χ4n) is 2.66. The van der Waals surface area contributed by atoms with Crippen molar-refractivity contribution in [3.8, 4) is 0 Å². The maximum Gasteiger partial charge on any atom is 0.232 e. The zero-order valence-electron chi connectivity index (χ0n) is 13.7. The Morgan fingerprint density at radius 2 is 0.842 bits per heavy atom. The van der Waals surface area contributed by atoms with E-state index in [1.165, 1.54) is 0 Å². The first-order valence-corrected chi connectivity index (χ1v) is 7.21. The van der Waals surface area contributed by atoms with Crippen LogP contribution in [0.4, 0.5) is 0 Å². The van der Waals surface area contributed by atoms with Gasteiger partial charge in [-0.05, 0) is 55.4 Å². The van der Waals surface area contributed by atoms with Crippen molar-refractivity contribution in [3.63, 3.8) is 0 Å². The summed E-state index contributed by atoms with van der Waals surface area (Å²) in [5.41, 5.74) is 0. The molecular weight excluding hydrogens is 240 g/mol. The number of hydrogen-bond donors (Lipinski definition) is 0. The highest BCUT2D eigenvalue weighted by molar-refractivity contribution is 5.97. The van der Waals surface area contributed by atoms with Crippen LogP contribution in [0.3, 0.4) is 0 Å². The molecule has 0 aliphatic heterocycles. The largest absolute Gasteiger partial charge is 0.337 e. The predicted octanol–water partition coefficient (Wildman–Crippen LogP) is 2.67. The van der Waals surface area contributed by atoms with E-state index in [2.05, 4.69) is 0 Å². The first-order chi connectivity index (χ1) is 8.59. The van der Waals surface area contributed by atoms with Gasteiger partial charge in [0.2, 0.25) is 11.8 Å². The molecule has 0 aliphatic carbocycles. The molecule has 0 aromatic rings. The van der Waals surface area contributed by atoms with Crippen LogP contribution < -0.4 is 0 Å². The number of amides is 2. The van der Waals surface area contributed by atoms with Crippen molar-refractivity contribution in [2.45, 2.75) is 86.0 Å². The lowest BCUT2D eigenvalue weighted by atomic mass is 10.1. The van der Waals surface area contributed by atoms with E-state index < -0.39 is 0 Å². The molecule has 0 saturated carbocycles. The van der Waals surface area contributed by atoms with Crippen molar-refractivity contribution in [2.24, 2.45) is 0 Å². The second-order valence-corrected chi connectivity index (χ2v) is 6.15. The van der Waals surface area contributed by atoms with Gasteiger partial charge in [0.15, 0.2) is 0 Å². The minimum absolute atomic E-state index is 0.0350. The van der Waals surface area contributed by atoms with Crippen molar-refractivity contribution >= 4 is 11.8 Å². The van der Waals surface area contributed by atoms with E-state index in [-0.39, 0.29) is 42.4 Å². The number of carbonyl (C=O) groups excluding carboxylic acids is 2. The molecule has 0 aliphatic rings. The van der Waals surface area contributed by atoms with E-state index in [1.54, 1.807) is 9.80 Å². The molecule has 4 heteroatoms. The molecule has 0 fully saturated rings. The van der Waals surface area contributed by atoms with Crippen LogP contribution in [0.2, 0.25) is 0 Å². The summed E-state index contributed by atoms with van der Waals surface area (Å²) in [6.07, 6.45) is -0.0350. The van der Waals surface area contributed by atoms with E-state index in [1.807, 2.05) is 55.4 Å². The molecule has 0 atom stereocenters. The van der Waals surface area contributed by atoms with Gasteiger partial charge < -0.3 is 9.80 Å². The number of nitrogens with zero attached hydrogens (tertiary/aromatic N) is 2. The van der Waals surface area contributed by atoms with E-state index in [9.17, 15) is 9.59 Å². The Hall–Kier alpha value is -1.06. The van der Waals surface area contributed by atoms with Crippen LogP contribution in [0.1, 0.15) is 61.8 Å². The standard InChI is InChI=1S/C15H30N2O2/c1-10(2)16(11(3)4)14(18)9-15(19)17(12(5)6)13(7)8/h10-13H,9H2,1-8H3. The van der Waals surface area contributed by atoms with Gasteiger partial charge in [0, 0.05) is 24.2 Å². The minimum atomic E-state index is -0.0821. The van der Waals surface area contributed by atoms with E-state index >= 15 is 0 Å². The molecule has 0 radical (unpaired) electrons. The van der Waals surface area contributed by atoms with Gasteiger partial charge >= 0.3 is 0 Å². The van der Waals surface area contributed by atoms with E-state index in [0.29, 0.717) is 0 Å². The molecule has 0 heterocycles. The molecule has 0 unspecified atom stereocenters. The van der Waals surface area contributed by atoms with Crippen molar-refractivity contribution in [1.29, 1.82) is 0 Å². The van der Waals surface area contributed by atoms with Gasteiger partial charge in [-0.15, -0.1) is 0 Å². The van der Waals surface area contributed by atoms with Crippen molar-refractivity contribution in [1.82, 2.24) is 9.80 Å². The fraction of sp³-hybridized carbons (Fsp3) is 0.867. The Morgan fingerprint density at radius 1 is 0.632 bits per heavy atom. The Morgan fingerprint density at radius 3 is 1.00 bits per heavy atom. The molecule has 2 amide bonds. The SMILES string of the molecule is CC(C)N(C(=O)CC(=O)N(C(C)C)C(C)C)C(C)C. The van der Waals surface area contributed by atoms with E-state index in [4.69, 9.17) is 0 Å². The number of carbonyl (C=O) groups is 2. The van der Waals surface area contributed by atoms with Gasteiger partial charge in [-0.2, -0.15) is 0 Å². The van der Waals surface area contributed by atoms with Gasteiger partial charge in [0.05, 0.1) is 0 Å². The summed E-state index contributed by atoms with van der Waals surface area (Å²) in [4.78, 5) is 28.1. The summed E-state index contributed by atoms with van der Waals surface area (Å²) in [6.45, 7) is 15.8. The highest BCUT2D eigenvalue weighted by Gasteiger charge is 2.27. The number of hydrogen-bond acceptors (Lipinski definition) is 2. The van der Waals surface area contributed by atoms with Gasteiger partial charge in [-0.1, -0.05) is 0 Å². The summed E-state index contributed by atoms with van der Waals surface area (Å²) in [6, 6.07) is 0.470. The van der Waals surface area contributed by atoms with Crippen LogP contribution in [0.5, 0.6) is 0 Å². The lowest BCUT2D eigenvalue weighted by Crippen LogP contribution is -2.47. The normalized spacial score (nSPS) is 11.6. The third-order valence-corrected chi connectivity index (χ3v) is 3.10. The highest BCUT2D eigenvalue weighted by atomic mass is 16.2. The van der Waals surface area contributed by atoms with Gasteiger partial charge in [0.25, 0.3) is 0 Å². The average Bonchev–Trinajstić information content (AvgIpc) is 2.13. The summed E-state index contributed by atoms with van der Waals surface area (Å²) < 4.78 is 0. The molecule has 0 aromatic heterocycles. The average molecular weight is 270 g/mol. The second kappa shape index (κ2) is 7.51. The third-order valence-electron chi connectivity index (χ3n) is 3.10. The van der Waals surface area contributed by atoms with Crippen LogP contribution in [-0.2, 0) is 9.59 Å². The van der Waals surface area contributed by atoms with Crippen LogP contribution in [0.15, 0.2) is 0 Å². The minimum Gasteiger partial charge on any atom is -0.337 e. The zero-order valence-corrected chi connectivity index (χ0v) is 13.7. The molecular formula is C15H30N2O2. The third kappa shape index (κ3) is 5.21. The lowest BCUT2D eigenvalue weighted by Gasteiger charge is -2.34. The first-order valence-electron chi connectivity index (χ1n) is 7.21. The monoisotopic (exact) mass is 270 g/mol. The van der Waals surface area contributed by atoms with Crippen molar-refractivity contribution in [3.05, 3.63) is 0 Å². The Kier molecular flexibility index (Phi) is 7.09. The quantitative estimate of drug-likeness (QED) is 0.696. The Labute approximate surface area is 118 Å². The molecule has 112 valence electrons. The maximum absolute atomic E-state index is 12.3. The molecule has 0 saturated heterocycles. The molecule has 0 aromatic carbocycles. The topological polar surface area (TPSA) is 40.6 Å². The second-order valence-electron chi connectivity index (χ2n) is 6.15.